The Hall–Kier alpha value is -4.72. The van der Waals surface area contributed by atoms with Gasteiger partial charge in [0.25, 0.3) is 5.92 Å². The van der Waals surface area contributed by atoms with E-state index < -0.39 is 92.1 Å². The van der Waals surface area contributed by atoms with Gasteiger partial charge >= 0.3 is 6.18 Å². The van der Waals surface area contributed by atoms with Gasteiger partial charge in [0, 0.05) is 59.7 Å². The summed E-state index contributed by atoms with van der Waals surface area (Å²) in [7, 11) is -0.936. The maximum Gasteiger partial charge on any atom is 0.435 e. The van der Waals surface area contributed by atoms with Crippen LogP contribution in [0.3, 0.4) is 0 Å². The molecule has 3 aromatic heterocycles. The van der Waals surface area contributed by atoms with Gasteiger partial charge in [0.2, 0.25) is 0 Å². The summed E-state index contributed by atoms with van der Waals surface area (Å²) in [6, 6.07) is 9.46. The molecule has 2 aromatic carbocycles. The SMILES string of the molecule is C=S(C)(=O)Cc1nn(C)c2c(-c3ccc(C#CC4(CO)CCCC4)nc3[C@@H](CC(=O)Cn3nc(C(F)(F)F)c4c3C(F)(F)[C@@H]3C[C@H]43)Cc3cc(F)cc(F)c3)ccc(Cl)c12. The van der Waals surface area contributed by atoms with Crippen molar-refractivity contribution in [1.82, 2.24) is 24.5 Å². The lowest BCUT2D eigenvalue weighted by Crippen LogP contribution is -2.24. The third kappa shape index (κ3) is 7.84. The molecule has 0 bridgehead atoms. The molecule has 17 heteroatoms. The van der Waals surface area contributed by atoms with Crippen LogP contribution in [0.15, 0.2) is 42.5 Å². The lowest BCUT2D eigenvalue weighted by molar-refractivity contribution is -0.142. The second kappa shape index (κ2) is 15.0. The molecule has 2 saturated carbocycles. The number of hydrogen-bond donors (Lipinski definition) is 1. The van der Waals surface area contributed by atoms with Crippen molar-refractivity contribution in [1.29, 1.82) is 0 Å². The molecule has 4 atom stereocenters. The topological polar surface area (TPSA) is 103 Å². The third-order valence-corrected chi connectivity index (χ3v) is 13.0. The molecule has 60 heavy (non-hydrogen) atoms. The number of aliphatic hydroxyl groups is 1. The number of aryl methyl sites for hydroxylation is 1. The minimum absolute atomic E-state index is 0.00423. The van der Waals surface area contributed by atoms with Gasteiger partial charge in [-0.2, -0.15) is 32.1 Å². The molecule has 1 N–H and O–H groups in total. The molecule has 0 aliphatic heterocycles. The Morgan fingerprint density at radius 3 is 2.42 bits per heavy atom. The fraction of sp³-hybridized carbons (Fsp3) is 0.419. The Bertz CT molecular complexity index is 2730. The number of alkyl halides is 5. The summed E-state index contributed by atoms with van der Waals surface area (Å²) >= 11 is 6.74. The number of carbonyl (C=O) groups is 1. The van der Waals surface area contributed by atoms with E-state index in [0.29, 0.717) is 56.3 Å². The minimum Gasteiger partial charge on any atom is -0.395 e. The molecule has 2 fully saturated rings. The van der Waals surface area contributed by atoms with Crippen molar-refractivity contribution in [3.8, 4) is 23.0 Å². The number of aliphatic hydroxyl groups excluding tert-OH is 1. The van der Waals surface area contributed by atoms with Gasteiger partial charge < -0.3 is 5.11 Å². The molecule has 316 valence electrons. The quantitative estimate of drug-likeness (QED) is 0.0810. The largest absolute Gasteiger partial charge is 0.435 e. The smallest absolute Gasteiger partial charge is 0.395 e. The van der Waals surface area contributed by atoms with Crippen molar-refractivity contribution in [3.05, 3.63) is 98.7 Å². The van der Waals surface area contributed by atoms with Gasteiger partial charge in [-0.05, 0) is 88.8 Å². The Labute approximate surface area is 346 Å². The number of carbonyl (C=O) groups excluding carboxylic acids is 1. The number of aromatic nitrogens is 5. The first-order valence-electron chi connectivity index (χ1n) is 19.3. The monoisotopic (exact) mass is 873 g/mol. The van der Waals surface area contributed by atoms with E-state index in [-0.39, 0.29) is 42.2 Å². The highest BCUT2D eigenvalue weighted by molar-refractivity contribution is 7.98. The molecule has 5 aromatic rings. The van der Waals surface area contributed by atoms with Crippen LogP contribution in [-0.2, 0) is 52.2 Å². The molecule has 0 spiro atoms. The van der Waals surface area contributed by atoms with Crippen LogP contribution >= 0.6 is 11.6 Å². The van der Waals surface area contributed by atoms with Crippen LogP contribution < -0.4 is 0 Å². The number of fused-ring (bicyclic) bond motifs is 4. The first-order valence-corrected chi connectivity index (χ1v) is 22.0. The summed E-state index contributed by atoms with van der Waals surface area (Å²) in [5.74, 6) is 0.378. The van der Waals surface area contributed by atoms with E-state index in [0.717, 1.165) is 25.0 Å². The molecule has 3 heterocycles. The number of benzene rings is 2. The number of pyridine rings is 1. The van der Waals surface area contributed by atoms with E-state index in [1.54, 1.807) is 36.0 Å². The maximum atomic E-state index is 15.5. The lowest BCUT2D eigenvalue weighted by atomic mass is 9.86. The van der Waals surface area contributed by atoms with Crippen LogP contribution in [0.25, 0.3) is 22.0 Å². The number of nitrogens with zero attached hydrogens (tertiary/aromatic N) is 5. The van der Waals surface area contributed by atoms with Gasteiger partial charge in [0.05, 0.1) is 39.7 Å². The Balaban J connectivity index is 1.28. The lowest BCUT2D eigenvalue weighted by Gasteiger charge is -2.22. The second-order valence-electron chi connectivity index (χ2n) is 16.5. The molecular formula is C43H39ClF7N5O3S. The van der Waals surface area contributed by atoms with E-state index in [1.165, 1.54) is 6.26 Å². The molecule has 8 rings (SSSR count). The molecule has 3 aliphatic carbocycles. The van der Waals surface area contributed by atoms with Gasteiger partial charge in [-0.15, -0.1) is 0 Å². The number of ketones is 1. The Kier molecular flexibility index (Phi) is 10.5. The fourth-order valence-electron chi connectivity index (χ4n) is 9.10. The van der Waals surface area contributed by atoms with E-state index >= 15 is 8.78 Å². The highest BCUT2D eigenvalue weighted by atomic mass is 35.5. The number of halogens is 8. The molecule has 8 nitrogen and oxygen atoms in total. The molecule has 1 unspecified atom stereocenters. The van der Waals surface area contributed by atoms with Crippen LogP contribution in [0.1, 0.15) is 90.0 Å². The molecule has 0 radical (unpaired) electrons. The first-order chi connectivity index (χ1) is 28.2. The zero-order valence-electron chi connectivity index (χ0n) is 32.5. The van der Waals surface area contributed by atoms with E-state index in [4.69, 9.17) is 16.6 Å². The van der Waals surface area contributed by atoms with Crippen molar-refractivity contribution in [2.75, 3.05) is 12.9 Å². The van der Waals surface area contributed by atoms with E-state index in [9.17, 15) is 36.1 Å². The number of rotatable bonds is 11. The van der Waals surface area contributed by atoms with Crippen molar-refractivity contribution in [2.45, 2.75) is 81.2 Å². The summed E-state index contributed by atoms with van der Waals surface area (Å²) in [5.41, 5.74) is -1.28. The zero-order chi connectivity index (χ0) is 43.1. The van der Waals surface area contributed by atoms with Crippen LogP contribution in [0.5, 0.6) is 0 Å². The maximum absolute atomic E-state index is 15.5. The van der Waals surface area contributed by atoms with Crippen molar-refractivity contribution < 1.29 is 44.8 Å². The van der Waals surface area contributed by atoms with Gasteiger partial charge in [-0.3, -0.25) is 18.4 Å². The Morgan fingerprint density at radius 2 is 1.77 bits per heavy atom. The first kappa shape index (κ1) is 42.0. The molecule has 0 saturated heterocycles. The van der Waals surface area contributed by atoms with Crippen LogP contribution in [-0.4, -0.2) is 58.4 Å². The van der Waals surface area contributed by atoms with Crippen molar-refractivity contribution in [2.24, 2.45) is 18.4 Å². The highest BCUT2D eigenvalue weighted by Gasteiger charge is 2.68. The normalized spacial score (nSPS) is 20.3. The number of Topliss-reactive ketones (excluding diaryl/α,β-unsaturated/α-hetero) is 1. The second-order valence-corrected chi connectivity index (χ2v) is 19.6. The third-order valence-electron chi connectivity index (χ3n) is 11.8. The van der Waals surface area contributed by atoms with Gasteiger partial charge in [-0.1, -0.05) is 36.4 Å². The van der Waals surface area contributed by atoms with Crippen molar-refractivity contribution >= 4 is 43.7 Å². The van der Waals surface area contributed by atoms with E-state index in [2.05, 4.69) is 27.9 Å². The highest BCUT2D eigenvalue weighted by Crippen LogP contribution is 2.68. The van der Waals surface area contributed by atoms with Crippen LogP contribution in [0.4, 0.5) is 30.7 Å². The average Bonchev–Trinajstić information content (AvgIpc) is 3.38. The minimum atomic E-state index is -5.04. The molecule has 0 amide bonds. The summed E-state index contributed by atoms with van der Waals surface area (Å²) < 4.78 is 118. The zero-order valence-corrected chi connectivity index (χ0v) is 34.1. The molecule has 3 aliphatic rings. The fourth-order valence-corrected chi connectivity index (χ4v) is 10.1. The van der Waals surface area contributed by atoms with Gasteiger partial charge in [-0.25, -0.2) is 13.8 Å². The van der Waals surface area contributed by atoms with E-state index in [1.807, 2.05) is 0 Å². The summed E-state index contributed by atoms with van der Waals surface area (Å²) in [6.45, 7) is -1.11. The van der Waals surface area contributed by atoms with Gasteiger partial charge in [0.15, 0.2) is 11.5 Å². The van der Waals surface area contributed by atoms with Crippen molar-refractivity contribution in [3.63, 3.8) is 0 Å². The Morgan fingerprint density at radius 1 is 1.08 bits per heavy atom. The summed E-state index contributed by atoms with van der Waals surface area (Å²) in [4.78, 5) is 19.1. The molecular weight excluding hydrogens is 835 g/mol. The van der Waals surface area contributed by atoms with Gasteiger partial charge in [0.1, 0.15) is 29.6 Å². The standard InChI is InChI=1S/C43H39ClF7N5O3S/c1-55-38-30(8-9-33(44)36(38)34(53-55)21-60(2,3)59)29-7-6-27(10-13-41(22-57)11-4-5-12-41)52-37(29)24(14-23-15-25(45)18-26(46)16-23)17-28(58)20-56-40-35(39(54-56)43(49,50)51)31-19-32(31)42(40,47)48/h6-9,15-16,18,24,31-32,57H,2,4-5,11-12,14,17,19-22H2,1,3H3/t24-,31+,32-,60?/m1/s1. The summed E-state index contributed by atoms with van der Waals surface area (Å²) in [5, 5.41) is 19.2. The predicted molar refractivity (Wildman–Crippen MR) is 213 cm³/mol. The van der Waals surface area contributed by atoms with Crippen LogP contribution in [0.2, 0.25) is 5.02 Å². The summed E-state index contributed by atoms with van der Waals surface area (Å²) in [6.07, 6.45) is -1.35. The average molecular weight is 874 g/mol. The van der Waals surface area contributed by atoms with Crippen LogP contribution in [0, 0.1) is 34.8 Å². The number of hydrogen-bond acceptors (Lipinski definition) is 6. The predicted octanol–water partition coefficient (Wildman–Crippen LogP) is 8.73.